The average Bonchev–Trinajstić information content (AvgIpc) is 3.06. The lowest BCUT2D eigenvalue weighted by Gasteiger charge is -2.30. The number of amides is 3. The maximum atomic E-state index is 13.5. The number of nitrogens with zero attached hydrogens (tertiary/aromatic N) is 3. The summed E-state index contributed by atoms with van der Waals surface area (Å²) in [6.45, 7) is 3.39. The van der Waals surface area contributed by atoms with Crippen LogP contribution in [0, 0.1) is 34.8 Å². The minimum Gasteiger partial charge on any atom is -0.292 e. The van der Waals surface area contributed by atoms with Gasteiger partial charge in [-0.05, 0) is 44.2 Å². The molecular formula is C25H25N3O6. The quantitative estimate of drug-likeness (QED) is 0.280. The normalized spacial score (nSPS) is 21.8. The lowest BCUT2D eigenvalue weighted by Crippen LogP contribution is -2.52. The largest absolute Gasteiger partial charge is 0.292 e. The highest BCUT2D eigenvalue weighted by Gasteiger charge is 2.52. The van der Waals surface area contributed by atoms with Crippen LogP contribution in [0.4, 0.5) is 5.69 Å². The SMILES string of the molecule is Cc1ccc(C(=O)CN(C(=O)c2ccc([N+](=O)[O-])cc2)N2C(=O)[C@@H]3CC[C@H](C)C[C@H]3C2=O)cc1. The molecule has 1 heterocycles. The van der Waals surface area contributed by atoms with Crippen LogP contribution in [0.3, 0.4) is 0 Å². The minimum absolute atomic E-state index is 0.0335. The van der Waals surface area contributed by atoms with Crippen LogP contribution in [0.1, 0.15) is 52.5 Å². The van der Waals surface area contributed by atoms with E-state index in [-0.39, 0.29) is 17.2 Å². The minimum atomic E-state index is -0.747. The monoisotopic (exact) mass is 463 g/mol. The van der Waals surface area contributed by atoms with Gasteiger partial charge in [0, 0.05) is 23.3 Å². The Kier molecular flexibility index (Phi) is 6.28. The average molecular weight is 463 g/mol. The molecule has 0 bridgehead atoms. The summed E-state index contributed by atoms with van der Waals surface area (Å²) in [7, 11) is 0. The van der Waals surface area contributed by atoms with Gasteiger partial charge in [-0.2, -0.15) is 5.01 Å². The second-order valence-corrected chi connectivity index (χ2v) is 9.08. The first-order valence-corrected chi connectivity index (χ1v) is 11.2. The Hall–Kier alpha value is -3.88. The van der Waals surface area contributed by atoms with E-state index in [0.717, 1.165) is 22.0 Å². The third-order valence-electron chi connectivity index (χ3n) is 6.63. The number of fused-ring (bicyclic) bond motifs is 1. The van der Waals surface area contributed by atoms with E-state index in [9.17, 15) is 29.3 Å². The van der Waals surface area contributed by atoms with Crippen LogP contribution in [-0.4, -0.2) is 45.0 Å². The number of benzene rings is 2. The molecule has 176 valence electrons. The van der Waals surface area contributed by atoms with Crippen LogP contribution >= 0.6 is 0 Å². The first kappa shape index (κ1) is 23.3. The zero-order valence-electron chi connectivity index (χ0n) is 19.0. The van der Waals surface area contributed by atoms with Gasteiger partial charge in [0.25, 0.3) is 23.4 Å². The number of nitro benzene ring substituents is 1. The maximum Gasteiger partial charge on any atom is 0.273 e. The highest BCUT2D eigenvalue weighted by atomic mass is 16.6. The van der Waals surface area contributed by atoms with Crippen LogP contribution in [0.15, 0.2) is 48.5 Å². The molecule has 0 unspecified atom stereocenters. The van der Waals surface area contributed by atoms with Crippen molar-refractivity contribution < 1.29 is 24.1 Å². The fraction of sp³-hybridized carbons (Fsp3) is 0.360. The van der Waals surface area contributed by atoms with Gasteiger partial charge in [0.2, 0.25) is 0 Å². The Morgan fingerprint density at radius 3 is 2.18 bits per heavy atom. The summed E-state index contributed by atoms with van der Waals surface area (Å²) in [6, 6.07) is 11.6. The number of carbonyl (C=O) groups is 4. The molecule has 1 saturated heterocycles. The van der Waals surface area contributed by atoms with Crippen LogP contribution in [0.25, 0.3) is 0 Å². The van der Waals surface area contributed by atoms with E-state index in [4.69, 9.17) is 0 Å². The number of hydrogen-bond donors (Lipinski definition) is 0. The molecule has 4 rings (SSSR count). The predicted octanol–water partition coefficient (Wildman–Crippen LogP) is 3.56. The number of carbonyl (C=O) groups excluding carboxylic acids is 4. The second-order valence-electron chi connectivity index (χ2n) is 9.08. The standard InChI is InChI=1S/C25H25N3O6/c1-15-3-6-17(7-4-15)22(29)14-26(23(30)18-8-10-19(11-9-18)28(33)34)27-24(31)20-12-5-16(2)13-21(20)25(27)32/h3-4,6-11,16,20-21H,5,12-14H2,1-2H3/t16-,20+,21+/m0/s1. The second kappa shape index (κ2) is 9.17. The third kappa shape index (κ3) is 4.33. The molecule has 9 heteroatoms. The Balaban J connectivity index is 1.68. The lowest BCUT2D eigenvalue weighted by molar-refractivity contribution is -0.384. The van der Waals surface area contributed by atoms with E-state index in [0.29, 0.717) is 18.4 Å². The molecule has 2 aromatic rings. The molecule has 0 radical (unpaired) electrons. The van der Waals surface area contributed by atoms with Gasteiger partial charge in [0.1, 0.15) is 6.54 Å². The van der Waals surface area contributed by atoms with E-state index < -0.39 is 46.8 Å². The number of hydrazine groups is 1. The topological polar surface area (TPSA) is 118 Å². The van der Waals surface area contributed by atoms with Crippen LogP contribution in [0.5, 0.6) is 0 Å². The van der Waals surface area contributed by atoms with Crippen LogP contribution in [-0.2, 0) is 9.59 Å². The molecule has 1 aliphatic heterocycles. The van der Waals surface area contributed by atoms with Crippen molar-refractivity contribution in [1.82, 2.24) is 10.0 Å². The Morgan fingerprint density at radius 2 is 1.56 bits per heavy atom. The molecule has 0 aromatic heterocycles. The Labute approximate surface area is 196 Å². The molecule has 0 N–H and O–H groups in total. The summed E-state index contributed by atoms with van der Waals surface area (Å²) in [5.74, 6) is -2.88. The zero-order chi connectivity index (χ0) is 24.6. The molecule has 34 heavy (non-hydrogen) atoms. The molecule has 3 atom stereocenters. The van der Waals surface area contributed by atoms with Crippen molar-refractivity contribution >= 4 is 29.2 Å². The van der Waals surface area contributed by atoms with Gasteiger partial charge in [-0.3, -0.25) is 29.3 Å². The lowest BCUT2D eigenvalue weighted by atomic mass is 9.76. The van der Waals surface area contributed by atoms with Gasteiger partial charge >= 0.3 is 0 Å². The molecule has 1 aliphatic carbocycles. The summed E-state index contributed by atoms with van der Waals surface area (Å²) in [4.78, 5) is 63.4. The van der Waals surface area contributed by atoms with Crippen molar-refractivity contribution in [3.05, 3.63) is 75.3 Å². The molecule has 2 aliphatic rings. The predicted molar refractivity (Wildman–Crippen MR) is 121 cm³/mol. The van der Waals surface area contributed by atoms with E-state index in [1.54, 1.807) is 24.3 Å². The fourth-order valence-electron chi connectivity index (χ4n) is 4.68. The highest BCUT2D eigenvalue weighted by Crippen LogP contribution is 2.41. The molecule has 2 aromatic carbocycles. The van der Waals surface area contributed by atoms with E-state index >= 15 is 0 Å². The number of ketones is 1. The number of imide groups is 1. The number of Topliss-reactive ketones (excluding diaryl/α,β-unsaturated/α-hetero) is 1. The first-order chi connectivity index (χ1) is 16.2. The van der Waals surface area contributed by atoms with Gasteiger partial charge in [-0.1, -0.05) is 36.8 Å². The molecular weight excluding hydrogens is 438 g/mol. The van der Waals surface area contributed by atoms with Gasteiger partial charge in [-0.25, -0.2) is 5.01 Å². The molecule has 9 nitrogen and oxygen atoms in total. The van der Waals surface area contributed by atoms with E-state index in [2.05, 4.69) is 0 Å². The smallest absolute Gasteiger partial charge is 0.273 e. The summed E-state index contributed by atoms with van der Waals surface area (Å²) in [6.07, 6.45) is 1.92. The van der Waals surface area contributed by atoms with Crippen LogP contribution in [0.2, 0.25) is 0 Å². The number of non-ortho nitro benzene ring substituents is 1. The fourth-order valence-corrected chi connectivity index (χ4v) is 4.68. The van der Waals surface area contributed by atoms with Crippen molar-refractivity contribution in [3.63, 3.8) is 0 Å². The first-order valence-electron chi connectivity index (χ1n) is 11.2. The van der Waals surface area contributed by atoms with Crippen molar-refractivity contribution in [1.29, 1.82) is 0 Å². The molecule has 1 saturated carbocycles. The number of aryl methyl sites for hydroxylation is 1. The summed E-state index contributed by atoms with van der Waals surface area (Å²) >= 11 is 0. The number of rotatable bonds is 6. The molecule has 3 amide bonds. The van der Waals surface area contributed by atoms with Gasteiger partial charge < -0.3 is 0 Å². The maximum absolute atomic E-state index is 13.5. The highest BCUT2D eigenvalue weighted by molar-refractivity contribution is 6.09. The van der Waals surface area contributed by atoms with Crippen molar-refractivity contribution in [3.8, 4) is 0 Å². The van der Waals surface area contributed by atoms with Crippen molar-refractivity contribution in [2.24, 2.45) is 17.8 Å². The number of nitro groups is 1. The van der Waals surface area contributed by atoms with Crippen molar-refractivity contribution in [2.45, 2.75) is 33.1 Å². The van der Waals surface area contributed by atoms with E-state index in [1.165, 1.54) is 24.3 Å². The van der Waals surface area contributed by atoms with Gasteiger partial charge in [0.05, 0.1) is 16.8 Å². The number of hydrogen-bond acceptors (Lipinski definition) is 6. The van der Waals surface area contributed by atoms with Gasteiger partial charge in [0.15, 0.2) is 5.78 Å². The van der Waals surface area contributed by atoms with Crippen molar-refractivity contribution in [2.75, 3.05) is 6.54 Å². The Morgan fingerprint density at radius 1 is 0.971 bits per heavy atom. The Bertz CT molecular complexity index is 1160. The molecule has 0 spiro atoms. The molecule has 2 fully saturated rings. The van der Waals surface area contributed by atoms with Gasteiger partial charge in [-0.15, -0.1) is 0 Å². The zero-order valence-corrected chi connectivity index (χ0v) is 19.0. The summed E-state index contributed by atoms with van der Waals surface area (Å²) < 4.78 is 0. The van der Waals surface area contributed by atoms with Crippen LogP contribution < -0.4 is 0 Å². The van der Waals surface area contributed by atoms with E-state index in [1.807, 2.05) is 13.8 Å². The summed E-state index contributed by atoms with van der Waals surface area (Å²) in [5.41, 5.74) is 1.13. The summed E-state index contributed by atoms with van der Waals surface area (Å²) in [5, 5.41) is 12.7. The third-order valence-corrected chi connectivity index (χ3v) is 6.63.